The molecule has 0 spiro atoms. The van der Waals surface area contributed by atoms with Gasteiger partial charge < -0.3 is 14.4 Å². The highest BCUT2D eigenvalue weighted by Gasteiger charge is 2.42. The first-order valence-corrected chi connectivity index (χ1v) is 12.3. The van der Waals surface area contributed by atoms with Crippen molar-refractivity contribution in [3.05, 3.63) is 82.2 Å². The molecule has 0 atom stereocenters. The molecule has 5 rings (SSSR count). The lowest BCUT2D eigenvalue weighted by molar-refractivity contribution is -0.117. The van der Waals surface area contributed by atoms with Crippen LogP contribution in [-0.4, -0.2) is 30.1 Å². The summed E-state index contributed by atoms with van der Waals surface area (Å²) in [6, 6.07) is 15.9. The van der Waals surface area contributed by atoms with E-state index in [1.165, 1.54) is 0 Å². The molecule has 2 aromatic carbocycles. The van der Waals surface area contributed by atoms with E-state index in [1.54, 1.807) is 0 Å². The predicted octanol–water partition coefficient (Wildman–Crippen LogP) is 5.71. The summed E-state index contributed by atoms with van der Waals surface area (Å²) in [7, 11) is 2.02. The second kappa shape index (κ2) is 9.49. The molecule has 1 heterocycles. The number of nitrogens with zero attached hydrogens (tertiary/aromatic N) is 1. The molecule has 0 radical (unpaired) electrons. The number of rotatable bonds is 6. The zero-order valence-corrected chi connectivity index (χ0v) is 19.9. The van der Waals surface area contributed by atoms with E-state index in [1.807, 2.05) is 62.5 Å². The third kappa shape index (κ3) is 4.04. The summed E-state index contributed by atoms with van der Waals surface area (Å²) < 4.78 is 12.1. The minimum absolute atomic E-state index is 0.158. The molecule has 0 saturated carbocycles. The summed E-state index contributed by atoms with van der Waals surface area (Å²) in [6.07, 6.45) is 4.54. The van der Waals surface area contributed by atoms with Gasteiger partial charge in [-0.15, -0.1) is 0 Å². The van der Waals surface area contributed by atoms with Crippen LogP contribution < -0.4 is 9.47 Å². The SMILES string of the molecule is CCOc1cc(C2C3=C(CCCC3=O)N(C)C3=C2C(=O)CCC3)ccc1OCc1ccccc1. The van der Waals surface area contributed by atoms with Gasteiger partial charge in [-0.1, -0.05) is 36.4 Å². The molecule has 3 aliphatic rings. The quantitative estimate of drug-likeness (QED) is 0.556. The Hall–Kier alpha value is -3.34. The maximum Gasteiger partial charge on any atom is 0.161 e. The van der Waals surface area contributed by atoms with E-state index in [0.29, 0.717) is 37.6 Å². The van der Waals surface area contributed by atoms with Gasteiger partial charge in [0.1, 0.15) is 6.61 Å². The maximum absolute atomic E-state index is 13.2. The van der Waals surface area contributed by atoms with Crippen LogP contribution in [0.4, 0.5) is 0 Å². The number of hydrogen-bond donors (Lipinski definition) is 0. The summed E-state index contributed by atoms with van der Waals surface area (Å²) in [4.78, 5) is 28.5. The van der Waals surface area contributed by atoms with E-state index in [0.717, 1.165) is 59.4 Å². The average molecular weight is 458 g/mol. The molecule has 176 valence electrons. The van der Waals surface area contributed by atoms with Gasteiger partial charge in [-0.2, -0.15) is 0 Å². The Morgan fingerprint density at radius 1 is 0.824 bits per heavy atom. The third-order valence-corrected chi connectivity index (χ3v) is 7.08. The second-order valence-corrected chi connectivity index (χ2v) is 9.18. The zero-order chi connectivity index (χ0) is 23.7. The van der Waals surface area contributed by atoms with E-state index in [2.05, 4.69) is 4.90 Å². The maximum atomic E-state index is 13.2. The van der Waals surface area contributed by atoms with Crippen molar-refractivity contribution in [3.8, 4) is 11.5 Å². The number of Topliss-reactive ketones (excluding diaryl/α,β-unsaturated/α-hetero) is 2. The number of allylic oxidation sites excluding steroid dienone is 4. The molecular formula is C29H31NO4. The first-order valence-electron chi connectivity index (χ1n) is 12.3. The Kier molecular flexibility index (Phi) is 6.27. The summed E-state index contributed by atoms with van der Waals surface area (Å²) in [6.45, 7) is 2.88. The molecule has 5 heteroatoms. The fourth-order valence-corrected chi connectivity index (χ4v) is 5.51. The summed E-state index contributed by atoms with van der Waals surface area (Å²) in [5.41, 5.74) is 5.75. The van der Waals surface area contributed by atoms with Crippen LogP contribution in [0.3, 0.4) is 0 Å². The van der Waals surface area contributed by atoms with Gasteiger partial charge in [0.2, 0.25) is 0 Å². The van der Waals surface area contributed by atoms with Gasteiger partial charge in [-0.25, -0.2) is 0 Å². The number of ether oxygens (including phenoxy) is 2. The third-order valence-electron chi connectivity index (χ3n) is 7.08. The van der Waals surface area contributed by atoms with Gasteiger partial charge in [-0.05, 0) is 55.9 Å². The monoisotopic (exact) mass is 457 g/mol. The molecule has 2 aliphatic carbocycles. The van der Waals surface area contributed by atoms with E-state index in [9.17, 15) is 9.59 Å². The minimum Gasteiger partial charge on any atom is -0.490 e. The minimum atomic E-state index is -0.329. The number of ketones is 2. The molecular weight excluding hydrogens is 426 g/mol. The van der Waals surface area contributed by atoms with Crippen LogP contribution in [0.25, 0.3) is 0 Å². The zero-order valence-electron chi connectivity index (χ0n) is 19.9. The van der Waals surface area contributed by atoms with Crippen molar-refractivity contribution in [2.24, 2.45) is 0 Å². The van der Waals surface area contributed by atoms with Gasteiger partial charge in [0.25, 0.3) is 0 Å². The van der Waals surface area contributed by atoms with Crippen LogP contribution in [0.5, 0.6) is 11.5 Å². The fraction of sp³-hybridized carbons (Fsp3) is 0.379. The van der Waals surface area contributed by atoms with E-state index >= 15 is 0 Å². The highest BCUT2D eigenvalue weighted by Crippen LogP contribution is 2.49. The summed E-state index contributed by atoms with van der Waals surface area (Å²) >= 11 is 0. The van der Waals surface area contributed by atoms with Crippen LogP contribution in [-0.2, 0) is 16.2 Å². The second-order valence-electron chi connectivity index (χ2n) is 9.18. The van der Waals surface area contributed by atoms with Gasteiger partial charge >= 0.3 is 0 Å². The van der Waals surface area contributed by atoms with Gasteiger partial charge in [0.05, 0.1) is 6.61 Å². The highest BCUT2D eigenvalue weighted by atomic mass is 16.5. The highest BCUT2D eigenvalue weighted by molar-refractivity contribution is 6.06. The standard InChI is InChI=1S/C29H31NO4/c1-3-33-26-17-20(15-16-25(26)34-18-19-9-5-4-6-10-19)27-28-21(11-7-13-23(28)31)30(2)22-12-8-14-24(32)29(22)27/h4-6,9-10,15-17,27H,3,7-8,11-14,18H2,1-2H3. The van der Waals surface area contributed by atoms with Crippen LogP contribution in [0.15, 0.2) is 71.1 Å². The summed E-state index contributed by atoms with van der Waals surface area (Å²) in [5, 5.41) is 0. The average Bonchev–Trinajstić information content (AvgIpc) is 2.85. The summed E-state index contributed by atoms with van der Waals surface area (Å²) in [5.74, 6) is 1.29. The Labute approximate surface area is 201 Å². The fourth-order valence-electron chi connectivity index (χ4n) is 5.51. The van der Waals surface area contributed by atoms with Crippen LogP contribution >= 0.6 is 0 Å². The van der Waals surface area contributed by atoms with Crippen molar-refractivity contribution < 1.29 is 19.1 Å². The lowest BCUT2D eigenvalue weighted by atomic mass is 9.71. The first kappa shape index (κ1) is 22.5. The van der Waals surface area contributed by atoms with E-state index in [4.69, 9.17) is 9.47 Å². The largest absolute Gasteiger partial charge is 0.490 e. The van der Waals surface area contributed by atoms with Crippen molar-refractivity contribution in [1.29, 1.82) is 0 Å². The topological polar surface area (TPSA) is 55.8 Å². The van der Waals surface area contributed by atoms with Crippen LogP contribution in [0.2, 0.25) is 0 Å². The Balaban J connectivity index is 1.56. The first-order chi connectivity index (χ1) is 16.6. The van der Waals surface area contributed by atoms with Crippen molar-refractivity contribution in [2.45, 2.75) is 58.0 Å². The van der Waals surface area contributed by atoms with Crippen molar-refractivity contribution in [3.63, 3.8) is 0 Å². The normalized spacial score (nSPS) is 18.7. The Morgan fingerprint density at radius 2 is 1.47 bits per heavy atom. The van der Waals surface area contributed by atoms with E-state index in [-0.39, 0.29) is 17.5 Å². The molecule has 0 bridgehead atoms. The lowest BCUT2D eigenvalue weighted by Crippen LogP contribution is -2.37. The molecule has 2 aromatic rings. The number of carbonyl (C=O) groups excluding carboxylic acids is 2. The van der Waals surface area contributed by atoms with Gasteiger partial charge in [0.15, 0.2) is 23.1 Å². The number of benzene rings is 2. The smallest absolute Gasteiger partial charge is 0.161 e. The molecule has 0 aromatic heterocycles. The molecule has 0 unspecified atom stereocenters. The van der Waals surface area contributed by atoms with Crippen LogP contribution in [0, 0.1) is 0 Å². The molecule has 0 amide bonds. The lowest BCUT2D eigenvalue weighted by Gasteiger charge is -2.42. The Bertz CT molecular complexity index is 1130. The molecule has 0 N–H and O–H groups in total. The van der Waals surface area contributed by atoms with Gasteiger partial charge in [0, 0.05) is 48.3 Å². The predicted molar refractivity (Wildman–Crippen MR) is 131 cm³/mol. The molecule has 5 nitrogen and oxygen atoms in total. The van der Waals surface area contributed by atoms with Gasteiger partial charge in [-0.3, -0.25) is 9.59 Å². The van der Waals surface area contributed by atoms with Crippen molar-refractivity contribution >= 4 is 11.6 Å². The number of carbonyl (C=O) groups is 2. The molecule has 1 aliphatic heterocycles. The van der Waals surface area contributed by atoms with E-state index < -0.39 is 0 Å². The van der Waals surface area contributed by atoms with Crippen molar-refractivity contribution in [2.75, 3.05) is 13.7 Å². The molecule has 0 saturated heterocycles. The molecule has 34 heavy (non-hydrogen) atoms. The van der Waals surface area contributed by atoms with Crippen molar-refractivity contribution in [1.82, 2.24) is 4.90 Å². The van der Waals surface area contributed by atoms with Crippen LogP contribution in [0.1, 0.15) is 62.5 Å². The number of hydrogen-bond acceptors (Lipinski definition) is 5. The Morgan fingerprint density at radius 3 is 2.09 bits per heavy atom. The molecule has 0 fully saturated rings.